The maximum absolute atomic E-state index is 8.56. The molecule has 1 unspecified atom stereocenters. The molecular weight excluding hydrogens is 228 g/mol. The third kappa shape index (κ3) is 3.95. The smallest absolute Gasteiger partial charge is 0.145 e. The number of hydrogen-bond acceptors (Lipinski definition) is 3. The Labute approximate surface area is 108 Å². The Hall–Kier alpha value is -1.71. The first-order chi connectivity index (χ1) is 8.34. The van der Waals surface area contributed by atoms with Crippen molar-refractivity contribution in [3.63, 3.8) is 0 Å². The average molecular weight is 250 g/mol. The summed E-state index contributed by atoms with van der Waals surface area (Å²) >= 11 is 0. The van der Waals surface area contributed by atoms with E-state index in [2.05, 4.69) is 32.0 Å². The molecule has 0 aliphatic heterocycles. The monoisotopic (exact) mass is 250 g/mol. The molecule has 1 aromatic carbocycles. The van der Waals surface area contributed by atoms with Gasteiger partial charge in [0.15, 0.2) is 0 Å². The molecule has 0 spiro atoms. The van der Waals surface area contributed by atoms with E-state index in [4.69, 9.17) is 15.7 Å². The minimum absolute atomic E-state index is 0.0938. The van der Waals surface area contributed by atoms with Crippen LogP contribution in [0.15, 0.2) is 29.4 Å². The quantitative estimate of drug-likeness (QED) is 0.373. The first kappa shape index (κ1) is 14.4. The molecule has 1 atom stereocenters. The lowest BCUT2D eigenvalue weighted by Crippen LogP contribution is -2.26. The van der Waals surface area contributed by atoms with Gasteiger partial charge in [-0.1, -0.05) is 45.0 Å². The van der Waals surface area contributed by atoms with Crippen molar-refractivity contribution < 1.29 is 9.94 Å². The van der Waals surface area contributed by atoms with E-state index < -0.39 is 0 Å². The van der Waals surface area contributed by atoms with Crippen molar-refractivity contribution in [3.8, 4) is 5.75 Å². The number of benzene rings is 1. The maximum Gasteiger partial charge on any atom is 0.145 e. The SMILES string of the molecule is CC(COc1cccc(C(C)(C)C)c1)/C(N)=N/O. The highest BCUT2D eigenvalue weighted by atomic mass is 16.5. The van der Waals surface area contributed by atoms with E-state index in [1.54, 1.807) is 0 Å². The predicted molar refractivity (Wildman–Crippen MR) is 73.2 cm³/mol. The zero-order valence-corrected chi connectivity index (χ0v) is 11.5. The van der Waals surface area contributed by atoms with Gasteiger partial charge in [0.05, 0.1) is 12.5 Å². The molecule has 1 rings (SSSR count). The van der Waals surface area contributed by atoms with E-state index in [9.17, 15) is 0 Å². The fourth-order valence-corrected chi connectivity index (χ4v) is 1.46. The van der Waals surface area contributed by atoms with E-state index in [-0.39, 0.29) is 17.2 Å². The third-order valence-electron chi connectivity index (χ3n) is 2.82. The van der Waals surface area contributed by atoms with Gasteiger partial charge in [0.1, 0.15) is 11.6 Å². The van der Waals surface area contributed by atoms with E-state index in [0.29, 0.717) is 6.61 Å². The molecule has 0 aliphatic rings. The summed E-state index contributed by atoms with van der Waals surface area (Å²) in [7, 11) is 0. The summed E-state index contributed by atoms with van der Waals surface area (Å²) < 4.78 is 5.65. The molecular formula is C14H22N2O2. The third-order valence-corrected chi connectivity index (χ3v) is 2.82. The van der Waals surface area contributed by atoms with E-state index in [0.717, 1.165) is 5.75 Å². The van der Waals surface area contributed by atoms with Gasteiger partial charge >= 0.3 is 0 Å². The molecule has 0 amide bonds. The minimum Gasteiger partial charge on any atom is -0.493 e. The molecule has 0 heterocycles. The molecule has 0 fully saturated rings. The van der Waals surface area contributed by atoms with Gasteiger partial charge in [0.25, 0.3) is 0 Å². The Morgan fingerprint density at radius 2 is 2.11 bits per heavy atom. The molecule has 0 saturated heterocycles. The summed E-state index contributed by atoms with van der Waals surface area (Å²) in [6.45, 7) is 8.72. The van der Waals surface area contributed by atoms with Gasteiger partial charge in [-0.2, -0.15) is 0 Å². The summed E-state index contributed by atoms with van der Waals surface area (Å²) in [6.07, 6.45) is 0. The highest BCUT2D eigenvalue weighted by Gasteiger charge is 2.14. The van der Waals surface area contributed by atoms with Crippen LogP contribution in [-0.4, -0.2) is 17.6 Å². The van der Waals surface area contributed by atoms with Crippen molar-refractivity contribution in [1.82, 2.24) is 0 Å². The van der Waals surface area contributed by atoms with Crippen LogP contribution in [0.1, 0.15) is 33.3 Å². The summed E-state index contributed by atoms with van der Waals surface area (Å²) in [6, 6.07) is 8.00. The largest absolute Gasteiger partial charge is 0.493 e. The fraction of sp³-hybridized carbons (Fsp3) is 0.500. The van der Waals surface area contributed by atoms with Gasteiger partial charge in [0.2, 0.25) is 0 Å². The molecule has 100 valence electrons. The van der Waals surface area contributed by atoms with Crippen LogP contribution in [0.4, 0.5) is 0 Å². The maximum atomic E-state index is 8.56. The Balaban J connectivity index is 2.69. The number of nitrogens with two attached hydrogens (primary N) is 1. The van der Waals surface area contributed by atoms with Crippen molar-refractivity contribution >= 4 is 5.84 Å². The average Bonchev–Trinajstić information content (AvgIpc) is 2.34. The lowest BCUT2D eigenvalue weighted by Gasteiger charge is -2.20. The molecule has 0 bridgehead atoms. The summed E-state index contributed by atoms with van der Waals surface area (Å²) in [5.41, 5.74) is 6.81. The van der Waals surface area contributed by atoms with Crippen molar-refractivity contribution in [2.75, 3.05) is 6.61 Å². The Kier molecular flexibility index (Phi) is 4.59. The number of rotatable bonds is 4. The normalized spacial score (nSPS) is 14.3. The summed E-state index contributed by atoms with van der Waals surface area (Å²) in [5.74, 6) is 0.871. The van der Waals surface area contributed by atoms with Crippen LogP contribution in [-0.2, 0) is 5.41 Å². The number of nitrogens with zero attached hydrogens (tertiary/aromatic N) is 1. The van der Waals surface area contributed by atoms with Crippen molar-refractivity contribution in [3.05, 3.63) is 29.8 Å². The molecule has 0 radical (unpaired) electrons. The van der Waals surface area contributed by atoms with Crippen LogP contribution in [0.25, 0.3) is 0 Å². The van der Waals surface area contributed by atoms with E-state index >= 15 is 0 Å². The molecule has 4 heteroatoms. The van der Waals surface area contributed by atoms with Crippen molar-refractivity contribution in [2.24, 2.45) is 16.8 Å². The van der Waals surface area contributed by atoms with Crippen LogP contribution >= 0.6 is 0 Å². The van der Waals surface area contributed by atoms with Crippen LogP contribution in [0, 0.1) is 5.92 Å². The van der Waals surface area contributed by atoms with Gasteiger partial charge < -0.3 is 15.7 Å². The van der Waals surface area contributed by atoms with Crippen molar-refractivity contribution in [1.29, 1.82) is 0 Å². The second-order valence-corrected chi connectivity index (χ2v) is 5.51. The second-order valence-electron chi connectivity index (χ2n) is 5.51. The molecule has 1 aromatic rings. The lowest BCUT2D eigenvalue weighted by atomic mass is 9.87. The zero-order chi connectivity index (χ0) is 13.8. The number of amidine groups is 1. The Morgan fingerprint density at radius 1 is 1.44 bits per heavy atom. The molecule has 4 nitrogen and oxygen atoms in total. The molecule has 0 aliphatic carbocycles. The van der Waals surface area contributed by atoms with Crippen LogP contribution in [0.5, 0.6) is 5.75 Å². The topological polar surface area (TPSA) is 67.8 Å². The molecule has 3 N–H and O–H groups in total. The minimum atomic E-state index is -0.117. The van der Waals surface area contributed by atoms with Crippen LogP contribution in [0.2, 0.25) is 0 Å². The molecule has 0 saturated carbocycles. The standard InChI is InChI=1S/C14H22N2O2/c1-10(13(15)16-17)9-18-12-7-5-6-11(8-12)14(2,3)4/h5-8,10,17H,9H2,1-4H3,(H2,15,16). The first-order valence-electron chi connectivity index (χ1n) is 6.05. The lowest BCUT2D eigenvalue weighted by molar-refractivity contribution is 0.278. The van der Waals surface area contributed by atoms with Gasteiger partial charge in [-0.15, -0.1) is 0 Å². The zero-order valence-electron chi connectivity index (χ0n) is 11.5. The Bertz CT molecular complexity index is 422. The van der Waals surface area contributed by atoms with Gasteiger partial charge in [-0.05, 0) is 23.1 Å². The molecule has 18 heavy (non-hydrogen) atoms. The van der Waals surface area contributed by atoms with Gasteiger partial charge in [-0.25, -0.2) is 0 Å². The van der Waals surface area contributed by atoms with Crippen LogP contribution in [0.3, 0.4) is 0 Å². The van der Waals surface area contributed by atoms with Crippen LogP contribution < -0.4 is 10.5 Å². The predicted octanol–water partition coefficient (Wildman–Crippen LogP) is 2.75. The fourth-order valence-electron chi connectivity index (χ4n) is 1.46. The van der Waals surface area contributed by atoms with E-state index in [1.807, 2.05) is 25.1 Å². The van der Waals surface area contributed by atoms with Crippen molar-refractivity contribution in [2.45, 2.75) is 33.1 Å². The Morgan fingerprint density at radius 3 is 2.67 bits per heavy atom. The summed E-state index contributed by atoms with van der Waals surface area (Å²) in [4.78, 5) is 0. The second kappa shape index (κ2) is 5.76. The highest BCUT2D eigenvalue weighted by Crippen LogP contribution is 2.25. The van der Waals surface area contributed by atoms with E-state index in [1.165, 1.54) is 5.56 Å². The highest BCUT2D eigenvalue weighted by molar-refractivity contribution is 5.81. The number of hydrogen-bond donors (Lipinski definition) is 2. The number of oxime groups is 1. The summed E-state index contributed by atoms with van der Waals surface area (Å²) in [5, 5.41) is 11.5. The van der Waals surface area contributed by atoms with Gasteiger partial charge in [0, 0.05) is 0 Å². The van der Waals surface area contributed by atoms with Gasteiger partial charge in [-0.3, -0.25) is 0 Å². The first-order valence-corrected chi connectivity index (χ1v) is 6.05. The number of ether oxygens (including phenoxy) is 1. The molecule has 0 aromatic heterocycles.